The van der Waals surface area contributed by atoms with Gasteiger partial charge in [0.25, 0.3) is 0 Å². The lowest BCUT2D eigenvalue weighted by Gasteiger charge is -2.26. The fraction of sp³-hybridized carbons (Fsp3) is 0.150. The van der Waals surface area contributed by atoms with Gasteiger partial charge in [-0.1, -0.05) is 60.7 Å². The molecule has 3 nitrogen and oxygen atoms in total. The first-order chi connectivity index (χ1) is 11.1. The lowest BCUT2D eigenvalue weighted by molar-refractivity contribution is -0.133. The van der Waals surface area contributed by atoms with Gasteiger partial charge in [0.05, 0.1) is 5.57 Å². The molecule has 0 amide bonds. The molecule has 2 aromatic rings. The molecule has 0 atom stereocenters. The van der Waals surface area contributed by atoms with Crippen molar-refractivity contribution in [3.63, 3.8) is 0 Å². The molecule has 0 saturated heterocycles. The summed E-state index contributed by atoms with van der Waals surface area (Å²) in [5.41, 5.74) is 4.76. The zero-order chi connectivity index (χ0) is 16.2. The van der Waals surface area contributed by atoms with E-state index in [-0.39, 0.29) is 0 Å². The highest BCUT2D eigenvalue weighted by atomic mass is 16.4. The summed E-state index contributed by atoms with van der Waals surface area (Å²) < 4.78 is 0. The van der Waals surface area contributed by atoms with Gasteiger partial charge >= 0.3 is 5.97 Å². The molecule has 0 bridgehead atoms. The molecule has 2 aromatic carbocycles. The van der Waals surface area contributed by atoms with Crippen molar-refractivity contribution < 1.29 is 9.90 Å². The molecule has 3 rings (SSSR count). The van der Waals surface area contributed by atoms with E-state index in [4.69, 9.17) is 0 Å². The third-order valence-electron chi connectivity index (χ3n) is 3.95. The molecular formula is C20H19NO2. The van der Waals surface area contributed by atoms with E-state index in [0.717, 1.165) is 28.8 Å². The maximum Gasteiger partial charge on any atom is 0.332 e. The average molecular weight is 305 g/mol. The monoisotopic (exact) mass is 305 g/mol. The van der Waals surface area contributed by atoms with E-state index in [1.807, 2.05) is 54.4 Å². The minimum Gasteiger partial charge on any atom is -0.478 e. The van der Waals surface area contributed by atoms with Gasteiger partial charge in [0.15, 0.2) is 0 Å². The standard InChI is InChI=1S/C20H19NO2/c1-21-13-17(12-18(14-21)20(22)23)19(15-8-4-2-5-9-15)16-10-6-3-7-11-16/h2-12H,13-14H2,1H3,(H,22,23). The number of nitrogens with zero attached hydrogens (tertiary/aromatic N) is 1. The molecule has 0 unspecified atom stereocenters. The van der Waals surface area contributed by atoms with E-state index in [0.29, 0.717) is 12.1 Å². The highest BCUT2D eigenvalue weighted by Crippen LogP contribution is 2.30. The van der Waals surface area contributed by atoms with Gasteiger partial charge in [-0.3, -0.25) is 4.90 Å². The Balaban J connectivity index is 2.22. The van der Waals surface area contributed by atoms with Crippen molar-refractivity contribution in [1.29, 1.82) is 0 Å². The highest BCUT2D eigenvalue weighted by molar-refractivity contribution is 5.91. The van der Waals surface area contributed by atoms with Crippen LogP contribution in [0.3, 0.4) is 0 Å². The molecule has 0 spiro atoms. The van der Waals surface area contributed by atoms with E-state index in [1.165, 1.54) is 0 Å². The summed E-state index contributed by atoms with van der Waals surface area (Å²) in [7, 11) is 1.95. The van der Waals surface area contributed by atoms with Crippen LogP contribution in [0.25, 0.3) is 5.57 Å². The highest BCUT2D eigenvalue weighted by Gasteiger charge is 2.20. The van der Waals surface area contributed by atoms with Crippen molar-refractivity contribution in [1.82, 2.24) is 4.90 Å². The third kappa shape index (κ3) is 3.41. The van der Waals surface area contributed by atoms with Gasteiger partial charge in [0.2, 0.25) is 0 Å². The SMILES string of the molecule is CN1CC(C(=O)O)=CC(=C(c2ccccc2)c2ccccc2)C1. The number of rotatable bonds is 3. The average Bonchev–Trinajstić information content (AvgIpc) is 2.56. The van der Waals surface area contributed by atoms with Crippen molar-refractivity contribution in [2.24, 2.45) is 0 Å². The van der Waals surface area contributed by atoms with E-state index in [1.54, 1.807) is 0 Å². The molecule has 0 aliphatic carbocycles. The van der Waals surface area contributed by atoms with E-state index in [2.05, 4.69) is 24.3 Å². The second kappa shape index (κ2) is 6.63. The summed E-state index contributed by atoms with van der Waals surface area (Å²) in [5, 5.41) is 9.38. The van der Waals surface area contributed by atoms with Crippen LogP contribution in [0.15, 0.2) is 77.9 Å². The fourth-order valence-electron chi connectivity index (χ4n) is 2.97. The molecule has 3 heteroatoms. The number of likely N-dealkylation sites (N-methyl/N-ethyl adjacent to an activating group) is 1. The number of carboxylic acid groups (broad SMARTS) is 1. The molecule has 1 aliphatic heterocycles. The Labute approximate surface area is 136 Å². The van der Waals surface area contributed by atoms with Gasteiger partial charge in [-0.25, -0.2) is 4.79 Å². The molecule has 23 heavy (non-hydrogen) atoms. The summed E-state index contributed by atoms with van der Waals surface area (Å²) in [5.74, 6) is -0.852. The third-order valence-corrected chi connectivity index (χ3v) is 3.95. The van der Waals surface area contributed by atoms with Gasteiger partial charge in [-0.05, 0) is 35.4 Å². The van der Waals surface area contributed by atoms with Gasteiger partial charge in [0, 0.05) is 13.1 Å². The van der Waals surface area contributed by atoms with Crippen LogP contribution in [-0.2, 0) is 4.79 Å². The molecule has 1 aliphatic rings. The number of benzene rings is 2. The van der Waals surface area contributed by atoms with Crippen LogP contribution < -0.4 is 0 Å². The van der Waals surface area contributed by atoms with E-state index in [9.17, 15) is 9.90 Å². The van der Waals surface area contributed by atoms with Crippen LogP contribution in [0.4, 0.5) is 0 Å². The Hall–Kier alpha value is -2.65. The Kier molecular flexibility index (Phi) is 4.40. The summed E-state index contributed by atoms with van der Waals surface area (Å²) in [6, 6.07) is 20.3. The maximum atomic E-state index is 11.4. The quantitative estimate of drug-likeness (QED) is 0.944. The lowest BCUT2D eigenvalue weighted by atomic mass is 9.90. The van der Waals surface area contributed by atoms with E-state index < -0.39 is 5.97 Å². The Morgan fingerprint density at radius 2 is 1.43 bits per heavy atom. The molecule has 0 fully saturated rings. The van der Waals surface area contributed by atoms with Gasteiger partial charge in [-0.2, -0.15) is 0 Å². The largest absolute Gasteiger partial charge is 0.478 e. The van der Waals surface area contributed by atoms with E-state index >= 15 is 0 Å². The van der Waals surface area contributed by atoms with Crippen LogP contribution >= 0.6 is 0 Å². The predicted molar refractivity (Wildman–Crippen MR) is 92.1 cm³/mol. The first-order valence-corrected chi connectivity index (χ1v) is 7.61. The van der Waals surface area contributed by atoms with Gasteiger partial charge < -0.3 is 5.11 Å². The first kappa shape index (κ1) is 15.3. The summed E-state index contributed by atoms with van der Waals surface area (Å²) in [6.07, 6.45) is 1.83. The topological polar surface area (TPSA) is 40.5 Å². The second-order valence-electron chi connectivity index (χ2n) is 5.78. The minimum atomic E-state index is -0.852. The van der Waals surface area contributed by atoms with Gasteiger partial charge in [0.1, 0.15) is 0 Å². The molecule has 1 N–H and O–H groups in total. The summed E-state index contributed by atoms with van der Waals surface area (Å²) in [6.45, 7) is 1.20. The predicted octanol–water partition coefficient (Wildman–Crippen LogP) is 3.44. The maximum absolute atomic E-state index is 11.4. The normalized spacial score (nSPS) is 15.2. The van der Waals surface area contributed by atoms with Gasteiger partial charge in [-0.15, -0.1) is 0 Å². The van der Waals surface area contributed by atoms with Crippen LogP contribution in [0.5, 0.6) is 0 Å². The van der Waals surface area contributed by atoms with Crippen LogP contribution in [0, 0.1) is 0 Å². The Morgan fingerprint density at radius 3 is 1.91 bits per heavy atom. The zero-order valence-electron chi connectivity index (χ0n) is 13.1. The lowest BCUT2D eigenvalue weighted by Crippen LogP contribution is -2.30. The molecule has 0 saturated carbocycles. The van der Waals surface area contributed by atoms with Crippen molar-refractivity contribution in [3.05, 3.63) is 89.0 Å². The molecule has 0 aromatic heterocycles. The number of carboxylic acids is 1. The summed E-state index contributed by atoms with van der Waals surface area (Å²) >= 11 is 0. The smallest absolute Gasteiger partial charge is 0.332 e. The second-order valence-corrected chi connectivity index (χ2v) is 5.78. The Bertz CT molecular complexity index is 719. The minimum absolute atomic E-state index is 0.429. The van der Waals surface area contributed by atoms with Crippen molar-refractivity contribution >= 4 is 11.5 Å². The van der Waals surface area contributed by atoms with Crippen molar-refractivity contribution in [2.75, 3.05) is 20.1 Å². The molecule has 116 valence electrons. The molecule has 1 heterocycles. The fourth-order valence-corrected chi connectivity index (χ4v) is 2.97. The molecule has 0 radical (unpaired) electrons. The number of carbonyl (C=O) groups is 1. The van der Waals surface area contributed by atoms with Crippen molar-refractivity contribution in [3.8, 4) is 0 Å². The number of hydrogen-bond donors (Lipinski definition) is 1. The van der Waals surface area contributed by atoms with Crippen molar-refractivity contribution in [2.45, 2.75) is 0 Å². The van der Waals surface area contributed by atoms with Crippen LogP contribution in [0.1, 0.15) is 11.1 Å². The van der Waals surface area contributed by atoms with Crippen LogP contribution in [0.2, 0.25) is 0 Å². The number of hydrogen-bond acceptors (Lipinski definition) is 2. The van der Waals surface area contributed by atoms with Crippen LogP contribution in [-0.4, -0.2) is 36.1 Å². The summed E-state index contributed by atoms with van der Waals surface area (Å²) in [4.78, 5) is 13.5. The molecular weight excluding hydrogens is 286 g/mol. The Morgan fingerprint density at radius 1 is 0.913 bits per heavy atom. The number of aliphatic carboxylic acids is 1. The first-order valence-electron chi connectivity index (χ1n) is 7.61. The zero-order valence-corrected chi connectivity index (χ0v) is 13.1.